The maximum Gasteiger partial charge on any atom is 0.287 e. The van der Waals surface area contributed by atoms with Crippen molar-refractivity contribution in [1.29, 1.82) is 0 Å². The highest BCUT2D eigenvalue weighted by Gasteiger charge is 2.08. The van der Waals surface area contributed by atoms with E-state index in [1.54, 1.807) is 24.3 Å². The molecular formula is C12H10Cl2N2O2. The van der Waals surface area contributed by atoms with E-state index in [1.807, 2.05) is 12.1 Å². The largest absolute Gasteiger partial charge is 0.398 e. The van der Waals surface area contributed by atoms with Crippen LogP contribution in [0.5, 0.6) is 0 Å². The molecule has 94 valence electrons. The van der Waals surface area contributed by atoms with Crippen LogP contribution in [0.4, 0.5) is 11.4 Å². The number of anilines is 1. The minimum atomic E-state index is -0.512. The van der Waals surface area contributed by atoms with Crippen LogP contribution in [0.1, 0.15) is 0 Å². The van der Waals surface area contributed by atoms with Crippen molar-refractivity contribution in [2.45, 2.75) is 0 Å². The molecule has 18 heavy (non-hydrogen) atoms. The van der Waals surface area contributed by atoms with Crippen molar-refractivity contribution in [2.75, 3.05) is 5.73 Å². The minimum absolute atomic E-state index is 0.0517. The van der Waals surface area contributed by atoms with Gasteiger partial charge in [0.25, 0.3) is 5.69 Å². The summed E-state index contributed by atoms with van der Waals surface area (Å²) in [6, 6.07) is 13.3. The standard InChI is InChI=1S/C6H4ClNO2.C6H6ClN/c7-5-3-1-2-4-6(5)8(9)10;7-5-3-1-2-4-6(5)8/h1-4H;1-4H,8H2. The maximum absolute atomic E-state index is 10.1. The van der Waals surface area contributed by atoms with Crippen LogP contribution in [0.3, 0.4) is 0 Å². The fourth-order valence-electron chi connectivity index (χ4n) is 1.07. The normalized spacial score (nSPS) is 9.22. The number of nitro groups is 1. The molecule has 0 aliphatic carbocycles. The minimum Gasteiger partial charge on any atom is -0.398 e. The molecule has 0 spiro atoms. The van der Waals surface area contributed by atoms with Crippen LogP contribution in [0.2, 0.25) is 10.0 Å². The van der Waals surface area contributed by atoms with E-state index < -0.39 is 4.92 Å². The summed E-state index contributed by atoms with van der Waals surface area (Å²) in [4.78, 5) is 9.63. The number of para-hydroxylation sites is 2. The van der Waals surface area contributed by atoms with Crippen molar-refractivity contribution in [3.8, 4) is 0 Å². The van der Waals surface area contributed by atoms with Crippen LogP contribution in [0, 0.1) is 10.1 Å². The monoisotopic (exact) mass is 284 g/mol. The van der Waals surface area contributed by atoms with E-state index in [9.17, 15) is 10.1 Å². The number of nitrogens with two attached hydrogens (primary N) is 1. The van der Waals surface area contributed by atoms with Gasteiger partial charge in [-0.15, -0.1) is 0 Å². The summed E-state index contributed by atoms with van der Waals surface area (Å²) >= 11 is 11.1. The molecule has 2 aromatic carbocycles. The van der Waals surface area contributed by atoms with E-state index in [0.717, 1.165) is 0 Å². The average Bonchev–Trinajstić information content (AvgIpc) is 2.34. The Morgan fingerprint density at radius 2 is 1.44 bits per heavy atom. The lowest BCUT2D eigenvalue weighted by Gasteiger charge is -1.91. The molecule has 0 aliphatic heterocycles. The molecule has 0 atom stereocenters. The predicted molar refractivity (Wildman–Crippen MR) is 74.0 cm³/mol. The van der Waals surface area contributed by atoms with Crippen LogP contribution < -0.4 is 5.73 Å². The molecule has 2 rings (SSSR count). The second-order valence-corrected chi connectivity index (χ2v) is 4.04. The number of nitro benzene ring substituents is 1. The van der Waals surface area contributed by atoms with E-state index in [0.29, 0.717) is 10.7 Å². The molecule has 2 aromatic rings. The van der Waals surface area contributed by atoms with Gasteiger partial charge in [-0.25, -0.2) is 0 Å². The van der Waals surface area contributed by atoms with Gasteiger partial charge in [0.2, 0.25) is 0 Å². The van der Waals surface area contributed by atoms with Gasteiger partial charge in [-0.05, 0) is 18.2 Å². The Bertz CT molecular complexity index is 526. The van der Waals surface area contributed by atoms with Gasteiger partial charge in [0.05, 0.1) is 15.6 Å². The maximum atomic E-state index is 10.1. The first-order chi connectivity index (χ1) is 8.52. The lowest BCUT2D eigenvalue weighted by molar-refractivity contribution is -0.384. The lowest BCUT2D eigenvalue weighted by Crippen LogP contribution is -1.87. The summed E-state index contributed by atoms with van der Waals surface area (Å²) in [6.45, 7) is 0. The van der Waals surface area contributed by atoms with Crippen LogP contribution in [-0.2, 0) is 0 Å². The quantitative estimate of drug-likeness (QED) is 0.485. The summed E-state index contributed by atoms with van der Waals surface area (Å²) in [6.07, 6.45) is 0. The first-order valence-corrected chi connectivity index (χ1v) is 5.67. The molecule has 0 heterocycles. The second kappa shape index (κ2) is 6.83. The Morgan fingerprint density at radius 3 is 1.78 bits per heavy atom. The highest BCUT2D eigenvalue weighted by Crippen LogP contribution is 2.22. The van der Waals surface area contributed by atoms with Gasteiger partial charge in [0.15, 0.2) is 0 Å². The second-order valence-electron chi connectivity index (χ2n) is 3.23. The zero-order valence-electron chi connectivity index (χ0n) is 9.22. The Kier molecular flexibility index (Phi) is 5.42. The first-order valence-electron chi connectivity index (χ1n) is 4.91. The number of nitrogen functional groups attached to an aromatic ring is 1. The molecular weight excluding hydrogens is 275 g/mol. The van der Waals surface area contributed by atoms with Crippen molar-refractivity contribution in [2.24, 2.45) is 0 Å². The number of benzene rings is 2. The molecule has 0 amide bonds. The first kappa shape index (κ1) is 14.3. The summed E-state index contributed by atoms with van der Waals surface area (Å²) < 4.78 is 0. The zero-order valence-corrected chi connectivity index (χ0v) is 10.7. The van der Waals surface area contributed by atoms with Gasteiger partial charge in [0.1, 0.15) is 5.02 Å². The van der Waals surface area contributed by atoms with Crippen LogP contribution in [0.25, 0.3) is 0 Å². The number of hydrogen-bond donors (Lipinski definition) is 1. The number of hydrogen-bond acceptors (Lipinski definition) is 3. The highest BCUT2D eigenvalue weighted by molar-refractivity contribution is 6.33. The Morgan fingerprint density at radius 1 is 0.944 bits per heavy atom. The molecule has 0 saturated carbocycles. The molecule has 0 bridgehead atoms. The fourth-order valence-corrected chi connectivity index (χ4v) is 1.42. The smallest absolute Gasteiger partial charge is 0.287 e. The molecule has 0 fully saturated rings. The molecule has 0 aliphatic rings. The van der Waals surface area contributed by atoms with Crippen molar-refractivity contribution in [3.63, 3.8) is 0 Å². The van der Waals surface area contributed by atoms with Crippen molar-refractivity contribution >= 4 is 34.6 Å². The Labute approximate surface area is 114 Å². The van der Waals surface area contributed by atoms with Gasteiger partial charge < -0.3 is 5.73 Å². The van der Waals surface area contributed by atoms with E-state index in [-0.39, 0.29) is 10.7 Å². The van der Waals surface area contributed by atoms with Crippen molar-refractivity contribution in [1.82, 2.24) is 0 Å². The third-order valence-corrected chi connectivity index (χ3v) is 2.62. The number of rotatable bonds is 1. The molecule has 0 saturated heterocycles. The topological polar surface area (TPSA) is 69.2 Å². The summed E-state index contributed by atoms with van der Waals surface area (Å²) in [5, 5.41) is 10.9. The van der Waals surface area contributed by atoms with Gasteiger partial charge in [-0.3, -0.25) is 10.1 Å². The summed E-state index contributed by atoms with van der Waals surface area (Å²) in [5.74, 6) is 0. The van der Waals surface area contributed by atoms with Crippen molar-refractivity contribution in [3.05, 3.63) is 68.7 Å². The van der Waals surface area contributed by atoms with E-state index in [2.05, 4.69) is 0 Å². The van der Waals surface area contributed by atoms with E-state index in [4.69, 9.17) is 28.9 Å². The Hall–Kier alpha value is -1.78. The van der Waals surface area contributed by atoms with Gasteiger partial charge >= 0.3 is 0 Å². The molecule has 6 heteroatoms. The van der Waals surface area contributed by atoms with Crippen LogP contribution in [-0.4, -0.2) is 4.92 Å². The number of nitrogens with zero attached hydrogens (tertiary/aromatic N) is 1. The Balaban J connectivity index is 0.000000184. The van der Waals surface area contributed by atoms with Gasteiger partial charge in [-0.1, -0.05) is 47.5 Å². The molecule has 2 N–H and O–H groups in total. The van der Waals surface area contributed by atoms with E-state index in [1.165, 1.54) is 12.1 Å². The zero-order chi connectivity index (χ0) is 13.5. The SMILES string of the molecule is Nc1ccccc1Cl.O=[N+]([O-])c1ccccc1Cl. The van der Waals surface area contributed by atoms with E-state index >= 15 is 0 Å². The summed E-state index contributed by atoms with van der Waals surface area (Å²) in [7, 11) is 0. The third kappa shape index (κ3) is 4.24. The third-order valence-electron chi connectivity index (χ3n) is 1.95. The van der Waals surface area contributed by atoms with Crippen LogP contribution >= 0.6 is 23.2 Å². The predicted octanol–water partition coefficient (Wildman–Crippen LogP) is 4.17. The molecule has 4 nitrogen and oxygen atoms in total. The van der Waals surface area contributed by atoms with Crippen molar-refractivity contribution < 1.29 is 4.92 Å². The highest BCUT2D eigenvalue weighted by atomic mass is 35.5. The molecule has 0 unspecified atom stereocenters. The number of halogens is 2. The van der Waals surface area contributed by atoms with Crippen LogP contribution in [0.15, 0.2) is 48.5 Å². The summed E-state index contributed by atoms with van der Waals surface area (Å²) in [5.41, 5.74) is 5.97. The molecule has 0 radical (unpaired) electrons. The molecule has 0 aromatic heterocycles. The fraction of sp³-hybridized carbons (Fsp3) is 0. The van der Waals surface area contributed by atoms with Gasteiger partial charge in [0, 0.05) is 6.07 Å². The van der Waals surface area contributed by atoms with Gasteiger partial charge in [-0.2, -0.15) is 0 Å². The lowest BCUT2D eigenvalue weighted by atomic mass is 10.3. The average molecular weight is 285 g/mol.